The lowest BCUT2D eigenvalue weighted by Gasteiger charge is -2.09. The number of fused-ring (bicyclic) bond motifs is 1. The van der Waals surface area contributed by atoms with Gasteiger partial charge in [-0.25, -0.2) is 13.4 Å². The number of nitrogens with one attached hydrogen (secondary N) is 1. The zero-order chi connectivity index (χ0) is 16.4. The van der Waals surface area contributed by atoms with Crippen molar-refractivity contribution in [3.63, 3.8) is 0 Å². The van der Waals surface area contributed by atoms with Crippen LogP contribution in [0.5, 0.6) is 11.5 Å². The Hall–Kier alpha value is -2.80. The minimum atomic E-state index is -3.77. The van der Waals surface area contributed by atoms with Crippen molar-refractivity contribution in [1.29, 1.82) is 0 Å². The Bertz CT molecular complexity index is 953. The quantitative estimate of drug-likeness (QED) is 0.768. The maximum absolute atomic E-state index is 12.4. The fourth-order valence-electron chi connectivity index (χ4n) is 2.14. The first-order valence-corrected chi connectivity index (χ1v) is 8.23. The molecule has 0 amide bonds. The van der Waals surface area contributed by atoms with E-state index in [1.807, 2.05) is 0 Å². The number of sulfonamides is 1. The minimum Gasteiger partial charge on any atom is -0.506 e. The molecule has 1 heterocycles. The van der Waals surface area contributed by atoms with Gasteiger partial charge in [-0.1, -0.05) is 12.1 Å². The molecule has 0 fully saturated rings. The largest absolute Gasteiger partial charge is 0.506 e. The molecule has 0 aliphatic carbocycles. The molecule has 2 N–H and O–H groups in total. The van der Waals surface area contributed by atoms with E-state index in [1.54, 1.807) is 36.4 Å². The van der Waals surface area contributed by atoms with Crippen LogP contribution in [0.2, 0.25) is 0 Å². The van der Waals surface area contributed by atoms with Gasteiger partial charge in [0.05, 0.1) is 12.0 Å². The van der Waals surface area contributed by atoms with E-state index < -0.39 is 10.0 Å². The molecule has 0 aliphatic heterocycles. The maximum Gasteiger partial charge on any atom is 0.263 e. The van der Waals surface area contributed by atoms with E-state index >= 15 is 0 Å². The molecule has 1 aromatic heterocycles. The number of benzene rings is 2. The van der Waals surface area contributed by atoms with Crippen molar-refractivity contribution in [2.24, 2.45) is 0 Å². The molecule has 0 radical (unpaired) electrons. The van der Waals surface area contributed by atoms with Gasteiger partial charge in [0, 0.05) is 5.39 Å². The maximum atomic E-state index is 12.4. The second kappa shape index (κ2) is 5.77. The van der Waals surface area contributed by atoms with Crippen molar-refractivity contribution in [3.8, 4) is 11.5 Å². The SMILES string of the molecule is COc1ccc(S(=O)(=O)Nc2ccc3cccc(O)c3n2)cc1. The molecule has 3 rings (SSSR count). The standard InChI is InChI=1S/C16H14N2O4S/c1-22-12-6-8-13(9-7-12)23(20,21)18-15-10-5-11-3-2-4-14(19)16(11)17-15/h2-10,19H,1H3,(H,17,18). The number of ether oxygens (including phenoxy) is 1. The van der Waals surface area contributed by atoms with Crippen LogP contribution in [0.25, 0.3) is 10.9 Å². The van der Waals surface area contributed by atoms with Crippen LogP contribution in [-0.4, -0.2) is 25.6 Å². The fraction of sp³-hybridized carbons (Fsp3) is 0.0625. The number of hydrogen-bond donors (Lipinski definition) is 2. The van der Waals surface area contributed by atoms with Crippen molar-refractivity contribution in [2.45, 2.75) is 4.90 Å². The molecule has 3 aromatic rings. The third-order valence-corrected chi connectivity index (χ3v) is 4.68. The van der Waals surface area contributed by atoms with Gasteiger partial charge >= 0.3 is 0 Å². The van der Waals surface area contributed by atoms with E-state index in [-0.39, 0.29) is 16.5 Å². The highest BCUT2D eigenvalue weighted by atomic mass is 32.2. The van der Waals surface area contributed by atoms with Crippen LogP contribution >= 0.6 is 0 Å². The summed E-state index contributed by atoms with van der Waals surface area (Å²) in [7, 11) is -2.26. The van der Waals surface area contributed by atoms with Gasteiger partial charge in [0.15, 0.2) is 0 Å². The van der Waals surface area contributed by atoms with Crippen LogP contribution in [-0.2, 0) is 10.0 Å². The molecule has 7 heteroatoms. The van der Waals surface area contributed by atoms with Crippen LogP contribution in [0.4, 0.5) is 5.82 Å². The Morgan fingerprint density at radius 3 is 2.48 bits per heavy atom. The summed E-state index contributed by atoms with van der Waals surface area (Å²) in [4.78, 5) is 4.25. The Labute approximate surface area is 133 Å². The Kier molecular flexibility index (Phi) is 3.79. The van der Waals surface area contributed by atoms with Crippen molar-refractivity contribution in [1.82, 2.24) is 4.98 Å². The average Bonchev–Trinajstić information content (AvgIpc) is 2.55. The number of anilines is 1. The van der Waals surface area contributed by atoms with E-state index in [9.17, 15) is 13.5 Å². The molecule has 0 spiro atoms. The number of rotatable bonds is 4. The molecule has 6 nitrogen and oxygen atoms in total. The topological polar surface area (TPSA) is 88.5 Å². The number of phenols is 1. The predicted octanol–water partition coefficient (Wildman–Crippen LogP) is 2.75. The zero-order valence-corrected chi connectivity index (χ0v) is 13.0. The number of aromatic hydroxyl groups is 1. The smallest absolute Gasteiger partial charge is 0.263 e. The molecule has 0 saturated heterocycles. The molecular weight excluding hydrogens is 316 g/mol. The summed E-state index contributed by atoms with van der Waals surface area (Å²) in [6, 6.07) is 14.2. The first kappa shape index (κ1) is 15.1. The molecule has 0 saturated carbocycles. The molecule has 0 aliphatic rings. The number of para-hydroxylation sites is 1. The Morgan fingerprint density at radius 1 is 1.04 bits per heavy atom. The average molecular weight is 330 g/mol. The number of methoxy groups -OCH3 is 1. The van der Waals surface area contributed by atoms with Gasteiger partial charge in [-0.2, -0.15) is 0 Å². The number of pyridine rings is 1. The molecule has 0 unspecified atom stereocenters. The van der Waals surface area contributed by atoms with E-state index in [0.717, 1.165) is 5.39 Å². The van der Waals surface area contributed by atoms with Crippen LogP contribution in [0.15, 0.2) is 59.5 Å². The van der Waals surface area contributed by atoms with Gasteiger partial charge in [0.2, 0.25) is 0 Å². The molecule has 0 atom stereocenters. The summed E-state index contributed by atoms with van der Waals surface area (Å²) in [6.45, 7) is 0. The summed E-state index contributed by atoms with van der Waals surface area (Å²) >= 11 is 0. The highest BCUT2D eigenvalue weighted by Gasteiger charge is 2.15. The van der Waals surface area contributed by atoms with Crippen molar-refractivity contribution in [2.75, 3.05) is 11.8 Å². The Balaban J connectivity index is 1.94. The number of aromatic nitrogens is 1. The zero-order valence-electron chi connectivity index (χ0n) is 12.2. The summed E-state index contributed by atoms with van der Waals surface area (Å²) in [5.41, 5.74) is 0.336. The van der Waals surface area contributed by atoms with E-state index in [2.05, 4.69) is 9.71 Å². The normalized spacial score (nSPS) is 11.3. The minimum absolute atomic E-state index is 0.00649. The van der Waals surface area contributed by atoms with E-state index in [1.165, 1.54) is 25.3 Å². The van der Waals surface area contributed by atoms with Gasteiger partial charge in [-0.3, -0.25) is 4.72 Å². The summed E-state index contributed by atoms with van der Waals surface area (Å²) in [6.07, 6.45) is 0. The summed E-state index contributed by atoms with van der Waals surface area (Å²) < 4.78 is 32.1. The number of nitrogens with zero attached hydrogens (tertiary/aromatic N) is 1. The molecule has 118 valence electrons. The molecule has 2 aromatic carbocycles. The third kappa shape index (κ3) is 3.04. The second-order valence-electron chi connectivity index (χ2n) is 4.83. The van der Waals surface area contributed by atoms with E-state index in [0.29, 0.717) is 11.3 Å². The molecule has 0 bridgehead atoms. The number of hydrogen-bond acceptors (Lipinski definition) is 5. The number of phenolic OH excluding ortho intramolecular Hbond substituents is 1. The summed E-state index contributed by atoms with van der Waals surface area (Å²) in [5.74, 6) is 0.695. The van der Waals surface area contributed by atoms with Gasteiger partial charge < -0.3 is 9.84 Å². The van der Waals surface area contributed by atoms with Crippen LogP contribution in [0.3, 0.4) is 0 Å². The van der Waals surface area contributed by atoms with Crippen LogP contribution in [0, 0.1) is 0 Å². The highest BCUT2D eigenvalue weighted by Crippen LogP contribution is 2.25. The lowest BCUT2D eigenvalue weighted by Crippen LogP contribution is -2.13. The summed E-state index contributed by atoms with van der Waals surface area (Å²) in [5, 5.41) is 10.5. The van der Waals surface area contributed by atoms with Gasteiger partial charge in [0.25, 0.3) is 10.0 Å². The third-order valence-electron chi connectivity index (χ3n) is 3.31. The van der Waals surface area contributed by atoms with Gasteiger partial charge in [-0.15, -0.1) is 0 Å². The van der Waals surface area contributed by atoms with Crippen molar-refractivity contribution >= 4 is 26.7 Å². The second-order valence-corrected chi connectivity index (χ2v) is 6.51. The van der Waals surface area contributed by atoms with Crippen LogP contribution < -0.4 is 9.46 Å². The van der Waals surface area contributed by atoms with Gasteiger partial charge in [0.1, 0.15) is 22.8 Å². The van der Waals surface area contributed by atoms with Crippen LogP contribution in [0.1, 0.15) is 0 Å². The first-order chi connectivity index (χ1) is 11.0. The lowest BCUT2D eigenvalue weighted by molar-refractivity contribution is 0.414. The van der Waals surface area contributed by atoms with E-state index in [4.69, 9.17) is 4.74 Å². The lowest BCUT2D eigenvalue weighted by atomic mass is 10.2. The van der Waals surface area contributed by atoms with Crippen molar-refractivity contribution < 1.29 is 18.3 Å². The predicted molar refractivity (Wildman–Crippen MR) is 87.2 cm³/mol. The van der Waals surface area contributed by atoms with Crippen molar-refractivity contribution in [3.05, 3.63) is 54.6 Å². The monoisotopic (exact) mass is 330 g/mol. The Morgan fingerprint density at radius 2 is 1.78 bits per heavy atom. The molecule has 23 heavy (non-hydrogen) atoms. The highest BCUT2D eigenvalue weighted by molar-refractivity contribution is 7.92. The fourth-order valence-corrected chi connectivity index (χ4v) is 3.14. The molecular formula is C16H14N2O4S. The van der Waals surface area contributed by atoms with Gasteiger partial charge in [-0.05, 0) is 42.5 Å². The first-order valence-electron chi connectivity index (χ1n) is 6.75.